The lowest BCUT2D eigenvalue weighted by molar-refractivity contribution is 0.0641. The van der Waals surface area contributed by atoms with Crippen molar-refractivity contribution in [2.45, 2.75) is 45.3 Å². The van der Waals surface area contributed by atoms with E-state index in [0.29, 0.717) is 29.3 Å². The average Bonchev–Trinajstić information content (AvgIpc) is 3.17. The van der Waals surface area contributed by atoms with Crippen LogP contribution in [0.3, 0.4) is 0 Å². The molecule has 0 spiro atoms. The standard InChI is InChI=1S/C20H22N2O4S/c1-12-17(27-11-21-12)9-25-14-4-5-16-15(8-14)18(13(2)26-16)19(24)22-20(10-23)6-3-7-20/h4-5,8,11,23H,3,6-7,9-10H2,1-2H3,(H,22,24). The van der Waals surface area contributed by atoms with Crippen LogP contribution in [0.4, 0.5) is 0 Å². The molecule has 2 heterocycles. The minimum atomic E-state index is -0.495. The summed E-state index contributed by atoms with van der Waals surface area (Å²) in [6.45, 7) is 4.13. The van der Waals surface area contributed by atoms with Gasteiger partial charge in [0.15, 0.2) is 0 Å². The predicted molar refractivity (Wildman–Crippen MR) is 103 cm³/mol. The Labute approximate surface area is 161 Å². The Bertz CT molecular complexity index is 982. The van der Waals surface area contributed by atoms with Gasteiger partial charge in [-0.25, -0.2) is 4.98 Å². The Kier molecular flexibility index (Phi) is 4.65. The topological polar surface area (TPSA) is 84.6 Å². The number of aryl methyl sites for hydroxylation is 2. The molecule has 3 aromatic rings. The number of hydrogen-bond acceptors (Lipinski definition) is 6. The van der Waals surface area contributed by atoms with Crippen LogP contribution in [0.15, 0.2) is 28.1 Å². The van der Waals surface area contributed by atoms with E-state index < -0.39 is 5.54 Å². The number of ether oxygens (including phenoxy) is 1. The van der Waals surface area contributed by atoms with Crippen LogP contribution in [0.5, 0.6) is 5.75 Å². The highest BCUT2D eigenvalue weighted by atomic mass is 32.1. The fraction of sp³-hybridized carbons (Fsp3) is 0.400. The third-order valence-electron chi connectivity index (χ3n) is 5.27. The fourth-order valence-electron chi connectivity index (χ4n) is 3.41. The van der Waals surface area contributed by atoms with Crippen molar-refractivity contribution in [3.05, 3.63) is 45.6 Å². The van der Waals surface area contributed by atoms with Crippen LogP contribution in [-0.2, 0) is 6.61 Å². The van der Waals surface area contributed by atoms with Gasteiger partial charge >= 0.3 is 0 Å². The molecule has 0 saturated heterocycles. The Morgan fingerprint density at radius 2 is 2.22 bits per heavy atom. The molecular weight excluding hydrogens is 364 g/mol. The van der Waals surface area contributed by atoms with Crippen molar-refractivity contribution in [2.24, 2.45) is 0 Å². The molecule has 0 aliphatic heterocycles. The number of aliphatic hydroxyl groups is 1. The second-order valence-corrected chi connectivity index (χ2v) is 8.03. The molecule has 1 fully saturated rings. The lowest BCUT2D eigenvalue weighted by Gasteiger charge is -2.40. The van der Waals surface area contributed by atoms with Crippen LogP contribution < -0.4 is 10.1 Å². The predicted octanol–water partition coefficient (Wildman–Crippen LogP) is 3.73. The molecular formula is C20H22N2O4S. The van der Waals surface area contributed by atoms with Crippen molar-refractivity contribution in [1.82, 2.24) is 10.3 Å². The van der Waals surface area contributed by atoms with E-state index in [1.54, 1.807) is 23.8 Å². The molecule has 0 bridgehead atoms. The SMILES string of the molecule is Cc1ncsc1COc1ccc2oc(C)c(C(=O)NC3(CO)CCC3)c2c1. The fourth-order valence-corrected chi connectivity index (χ4v) is 4.10. The summed E-state index contributed by atoms with van der Waals surface area (Å²) in [6.07, 6.45) is 2.61. The van der Waals surface area contributed by atoms with Gasteiger partial charge in [-0.3, -0.25) is 4.79 Å². The summed E-state index contributed by atoms with van der Waals surface area (Å²) in [7, 11) is 0. The van der Waals surface area contributed by atoms with Crippen LogP contribution >= 0.6 is 11.3 Å². The first kappa shape index (κ1) is 18.0. The number of carbonyl (C=O) groups excluding carboxylic acids is 1. The molecule has 6 nitrogen and oxygen atoms in total. The van der Waals surface area contributed by atoms with Gasteiger partial charge in [0.05, 0.1) is 33.8 Å². The molecule has 7 heteroatoms. The number of aromatic nitrogens is 1. The van der Waals surface area contributed by atoms with Gasteiger partial charge < -0.3 is 19.6 Å². The number of carbonyl (C=O) groups is 1. The maximum absolute atomic E-state index is 12.9. The molecule has 1 aromatic carbocycles. The zero-order valence-electron chi connectivity index (χ0n) is 15.4. The smallest absolute Gasteiger partial charge is 0.255 e. The van der Waals surface area contributed by atoms with E-state index in [1.807, 2.05) is 25.1 Å². The zero-order chi connectivity index (χ0) is 19.0. The van der Waals surface area contributed by atoms with Gasteiger partial charge in [-0.2, -0.15) is 0 Å². The summed E-state index contributed by atoms with van der Waals surface area (Å²) in [5.41, 5.74) is 3.42. The van der Waals surface area contributed by atoms with Gasteiger partial charge in [0.25, 0.3) is 5.91 Å². The van der Waals surface area contributed by atoms with E-state index in [2.05, 4.69) is 10.3 Å². The maximum Gasteiger partial charge on any atom is 0.255 e. The second kappa shape index (κ2) is 6.98. The Hall–Kier alpha value is -2.38. The lowest BCUT2D eigenvalue weighted by Crippen LogP contribution is -2.56. The monoisotopic (exact) mass is 386 g/mol. The third-order valence-corrected chi connectivity index (χ3v) is 6.18. The number of amides is 1. The Morgan fingerprint density at radius 3 is 2.85 bits per heavy atom. The van der Waals surface area contributed by atoms with E-state index >= 15 is 0 Å². The number of nitrogens with one attached hydrogen (secondary N) is 1. The molecule has 142 valence electrons. The van der Waals surface area contributed by atoms with Crippen LogP contribution in [0.2, 0.25) is 0 Å². The molecule has 1 amide bonds. The minimum Gasteiger partial charge on any atom is -0.488 e. The van der Waals surface area contributed by atoms with Crippen molar-refractivity contribution >= 4 is 28.2 Å². The van der Waals surface area contributed by atoms with Crippen molar-refractivity contribution in [3.8, 4) is 5.75 Å². The summed E-state index contributed by atoms with van der Waals surface area (Å²) in [5, 5.41) is 13.3. The first-order valence-corrected chi connectivity index (χ1v) is 9.87. The second-order valence-electron chi connectivity index (χ2n) is 7.09. The number of aliphatic hydroxyl groups excluding tert-OH is 1. The van der Waals surface area contributed by atoms with E-state index in [4.69, 9.17) is 9.15 Å². The van der Waals surface area contributed by atoms with Crippen LogP contribution in [0.1, 0.15) is 46.0 Å². The van der Waals surface area contributed by atoms with Gasteiger partial charge in [-0.05, 0) is 51.3 Å². The van der Waals surface area contributed by atoms with Crippen LogP contribution in [-0.4, -0.2) is 28.1 Å². The molecule has 1 aliphatic rings. The quantitative estimate of drug-likeness (QED) is 0.674. The van der Waals surface area contributed by atoms with Gasteiger partial charge in [-0.1, -0.05) is 0 Å². The number of nitrogens with zero attached hydrogens (tertiary/aromatic N) is 1. The number of furan rings is 1. The molecule has 4 rings (SSSR count). The number of thiazole rings is 1. The average molecular weight is 386 g/mol. The number of benzene rings is 1. The molecule has 1 aliphatic carbocycles. The third kappa shape index (κ3) is 3.33. The molecule has 0 radical (unpaired) electrons. The number of hydrogen-bond donors (Lipinski definition) is 2. The van der Waals surface area contributed by atoms with Crippen LogP contribution in [0.25, 0.3) is 11.0 Å². The molecule has 1 saturated carbocycles. The Balaban J connectivity index is 1.59. The minimum absolute atomic E-state index is 0.0455. The van der Waals surface area contributed by atoms with Gasteiger partial charge in [0.1, 0.15) is 23.7 Å². The summed E-state index contributed by atoms with van der Waals surface area (Å²) in [6, 6.07) is 5.49. The number of fused-ring (bicyclic) bond motifs is 1. The summed E-state index contributed by atoms with van der Waals surface area (Å²) in [5.74, 6) is 1.02. The number of rotatable bonds is 6. The maximum atomic E-state index is 12.9. The highest BCUT2D eigenvalue weighted by Crippen LogP contribution is 2.34. The van der Waals surface area contributed by atoms with Crippen molar-refractivity contribution in [1.29, 1.82) is 0 Å². The van der Waals surface area contributed by atoms with Gasteiger partial charge in [-0.15, -0.1) is 11.3 Å². The van der Waals surface area contributed by atoms with E-state index in [9.17, 15) is 9.90 Å². The van der Waals surface area contributed by atoms with Crippen molar-refractivity contribution in [3.63, 3.8) is 0 Å². The van der Waals surface area contributed by atoms with E-state index in [0.717, 1.165) is 35.2 Å². The Morgan fingerprint density at radius 1 is 1.41 bits per heavy atom. The van der Waals surface area contributed by atoms with Gasteiger partial charge in [0.2, 0.25) is 0 Å². The molecule has 2 aromatic heterocycles. The largest absolute Gasteiger partial charge is 0.488 e. The lowest BCUT2D eigenvalue weighted by atomic mass is 9.77. The molecule has 2 N–H and O–H groups in total. The van der Waals surface area contributed by atoms with Gasteiger partial charge in [0, 0.05) is 5.39 Å². The van der Waals surface area contributed by atoms with E-state index in [-0.39, 0.29) is 12.5 Å². The summed E-state index contributed by atoms with van der Waals surface area (Å²) < 4.78 is 11.7. The van der Waals surface area contributed by atoms with Crippen LogP contribution in [0, 0.1) is 13.8 Å². The highest BCUT2D eigenvalue weighted by molar-refractivity contribution is 7.09. The summed E-state index contributed by atoms with van der Waals surface area (Å²) >= 11 is 1.56. The molecule has 0 unspecified atom stereocenters. The first-order chi connectivity index (χ1) is 13.0. The highest BCUT2D eigenvalue weighted by Gasteiger charge is 2.38. The van der Waals surface area contributed by atoms with E-state index in [1.165, 1.54) is 0 Å². The molecule has 27 heavy (non-hydrogen) atoms. The normalized spacial score (nSPS) is 15.5. The first-order valence-electron chi connectivity index (χ1n) is 9.00. The van der Waals surface area contributed by atoms with Crippen molar-refractivity contribution < 1.29 is 19.1 Å². The molecule has 0 atom stereocenters. The zero-order valence-corrected chi connectivity index (χ0v) is 16.2. The van der Waals surface area contributed by atoms with Crippen molar-refractivity contribution in [2.75, 3.05) is 6.61 Å². The summed E-state index contributed by atoms with van der Waals surface area (Å²) in [4.78, 5) is 18.2.